The molecule has 3 nitrogen and oxygen atoms in total. The first-order valence-corrected chi connectivity index (χ1v) is 5.42. The van der Waals surface area contributed by atoms with Gasteiger partial charge in [0, 0.05) is 5.02 Å². The molecule has 1 rings (SSSR count). The van der Waals surface area contributed by atoms with Crippen molar-refractivity contribution in [2.24, 2.45) is 0 Å². The van der Waals surface area contributed by atoms with Gasteiger partial charge in [0.2, 0.25) is 0 Å². The fraction of sp³-hybridized carbons (Fsp3) is 0.417. The van der Waals surface area contributed by atoms with E-state index in [1.807, 2.05) is 26.8 Å². The van der Waals surface area contributed by atoms with Crippen molar-refractivity contribution < 1.29 is 14.6 Å². The van der Waals surface area contributed by atoms with Gasteiger partial charge in [0.1, 0.15) is 12.4 Å². The van der Waals surface area contributed by atoms with Gasteiger partial charge in [0.25, 0.3) is 0 Å². The Kier molecular flexibility index (Phi) is 4.19. The average molecular weight is 242 g/mol. The maximum atomic E-state index is 10.3. The van der Waals surface area contributed by atoms with Crippen LogP contribution in [0.3, 0.4) is 0 Å². The Morgan fingerprint density at radius 3 is 2.62 bits per heavy atom. The SMILES string of the molecule is Cc1cc(OCC(=O)[O-])c(C(C)C)cc1Cl. The zero-order valence-corrected chi connectivity index (χ0v) is 10.3. The molecule has 0 aliphatic heterocycles. The highest BCUT2D eigenvalue weighted by atomic mass is 35.5. The van der Waals surface area contributed by atoms with E-state index < -0.39 is 12.6 Å². The van der Waals surface area contributed by atoms with Gasteiger partial charge in [-0.1, -0.05) is 25.4 Å². The highest BCUT2D eigenvalue weighted by Crippen LogP contribution is 2.31. The Morgan fingerprint density at radius 2 is 2.12 bits per heavy atom. The summed E-state index contributed by atoms with van der Waals surface area (Å²) in [5, 5.41) is 11.0. The molecule has 0 saturated carbocycles. The van der Waals surface area contributed by atoms with E-state index in [2.05, 4.69) is 0 Å². The van der Waals surface area contributed by atoms with Gasteiger partial charge in [0.15, 0.2) is 0 Å². The van der Waals surface area contributed by atoms with Gasteiger partial charge < -0.3 is 14.6 Å². The molecule has 0 spiro atoms. The predicted molar refractivity (Wildman–Crippen MR) is 60.8 cm³/mol. The molecule has 0 atom stereocenters. The summed E-state index contributed by atoms with van der Waals surface area (Å²) in [5.41, 5.74) is 1.76. The first-order chi connectivity index (χ1) is 7.41. The van der Waals surface area contributed by atoms with E-state index >= 15 is 0 Å². The summed E-state index contributed by atoms with van der Waals surface area (Å²) in [6.07, 6.45) is 0. The Hall–Kier alpha value is -1.22. The number of hydrogen-bond acceptors (Lipinski definition) is 3. The quantitative estimate of drug-likeness (QED) is 0.809. The molecular weight excluding hydrogens is 228 g/mol. The van der Waals surface area contributed by atoms with Crippen LogP contribution in [0.2, 0.25) is 5.02 Å². The van der Waals surface area contributed by atoms with Crippen LogP contribution in [0.4, 0.5) is 0 Å². The minimum absolute atomic E-state index is 0.217. The van der Waals surface area contributed by atoms with Gasteiger partial charge in [-0.15, -0.1) is 0 Å². The van der Waals surface area contributed by atoms with Gasteiger partial charge in [-0.2, -0.15) is 0 Å². The fourth-order valence-electron chi connectivity index (χ4n) is 1.38. The molecule has 0 heterocycles. The van der Waals surface area contributed by atoms with Crippen molar-refractivity contribution in [2.75, 3.05) is 6.61 Å². The number of benzene rings is 1. The van der Waals surface area contributed by atoms with Gasteiger partial charge >= 0.3 is 0 Å². The normalized spacial score (nSPS) is 10.6. The lowest BCUT2D eigenvalue weighted by Crippen LogP contribution is -2.29. The zero-order valence-electron chi connectivity index (χ0n) is 9.54. The molecule has 88 valence electrons. The summed E-state index contributed by atoms with van der Waals surface area (Å²) in [6, 6.07) is 3.56. The number of carboxylic acid groups (broad SMARTS) is 1. The molecule has 0 radical (unpaired) electrons. The maximum absolute atomic E-state index is 10.3. The molecule has 0 saturated heterocycles. The number of carbonyl (C=O) groups excluding carboxylic acids is 1. The van der Waals surface area contributed by atoms with Crippen molar-refractivity contribution in [1.29, 1.82) is 0 Å². The maximum Gasteiger partial charge on any atom is 0.128 e. The zero-order chi connectivity index (χ0) is 12.3. The smallest absolute Gasteiger partial charge is 0.128 e. The van der Waals surface area contributed by atoms with Crippen molar-refractivity contribution >= 4 is 17.6 Å². The van der Waals surface area contributed by atoms with Crippen LogP contribution in [0, 0.1) is 6.92 Å². The second-order valence-electron chi connectivity index (χ2n) is 3.95. The van der Waals surface area contributed by atoms with Crippen LogP contribution in [0.15, 0.2) is 12.1 Å². The molecule has 1 aromatic carbocycles. The lowest BCUT2D eigenvalue weighted by atomic mass is 10.0. The highest BCUT2D eigenvalue weighted by Gasteiger charge is 2.10. The van der Waals surface area contributed by atoms with Crippen LogP contribution >= 0.6 is 11.6 Å². The topological polar surface area (TPSA) is 49.4 Å². The van der Waals surface area contributed by atoms with E-state index in [0.29, 0.717) is 10.8 Å². The molecule has 4 heteroatoms. The van der Waals surface area contributed by atoms with Crippen molar-refractivity contribution in [3.05, 3.63) is 28.3 Å². The lowest BCUT2D eigenvalue weighted by Gasteiger charge is -2.16. The largest absolute Gasteiger partial charge is 0.546 e. The number of hydrogen-bond donors (Lipinski definition) is 0. The molecule has 0 aromatic heterocycles. The summed E-state index contributed by atoms with van der Waals surface area (Å²) in [4.78, 5) is 10.3. The molecule has 0 N–H and O–H groups in total. The minimum atomic E-state index is -1.23. The molecule has 0 amide bonds. The van der Waals surface area contributed by atoms with Crippen LogP contribution in [0.1, 0.15) is 30.9 Å². The molecular formula is C12H14ClO3-. The Morgan fingerprint density at radius 1 is 1.50 bits per heavy atom. The molecule has 1 aromatic rings. The highest BCUT2D eigenvalue weighted by molar-refractivity contribution is 6.31. The van der Waals surface area contributed by atoms with Gasteiger partial charge in [-0.05, 0) is 36.1 Å². The third-order valence-electron chi connectivity index (χ3n) is 2.26. The summed E-state index contributed by atoms with van der Waals surface area (Å²) in [6.45, 7) is 5.39. The first-order valence-electron chi connectivity index (χ1n) is 5.04. The third kappa shape index (κ3) is 3.14. The summed E-state index contributed by atoms with van der Waals surface area (Å²) in [5.74, 6) is -0.460. The monoisotopic (exact) mass is 241 g/mol. The number of rotatable bonds is 4. The van der Waals surface area contributed by atoms with E-state index in [1.165, 1.54) is 0 Å². The second kappa shape index (κ2) is 5.21. The van der Waals surface area contributed by atoms with Crippen molar-refractivity contribution in [3.63, 3.8) is 0 Å². The van der Waals surface area contributed by atoms with Crippen LogP contribution in [0.25, 0.3) is 0 Å². The van der Waals surface area contributed by atoms with Crippen LogP contribution < -0.4 is 9.84 Å². The minimum Gasteiger partial charge on any atom is -0.546 e. The van der Waals surface area contributed by atoms with E-state index in [-0.39, 0.29) is 5.92 Å². The van der Waals surface area contributed by atoms with Gasteiger partial charge in [-0.25, -0.2) is 0 Å². The molecule has 0 unspecified atom stereocenters. The summed E-state index contributed by atoms with van der Waals surface area (Å²) in [7, 11) is 0. The van der Waals surface area contributed by atoms with Crippen molar-refractivity contribution in [2.45, 2.75) is 26.7 Å². The van der Waals surface area contributed by atoms with E-state index in [9.17, 15) is 9.90 Å². The van der Waals surface area contributed by atoms with E-state index in [4.69, 9.17) is 16.3 Å². The Balaban J connectivity index is 3.04. The Labute approximate surface area is 100.0 Å². The fourth-order valence-corrected chi connectivity index (χ4v) is 1.56. The van der Waals surface area contributed by atoms with Crippen LogP contribution in [-0.4, -0.2) is 12.6 Å². The number of aryl methyl sites for hydroxylation is 1. The van der Waals surface area contributed by atoms with Crippen LogP contribution in [-0.2, 0) is 4.79 Å². The molecule has 0 aliphatic rings. The summed E-state index contributed by atoms with van der Waals surface area (Å²) >= 11 is 6.01. The van der Waals surface area contributed by atoms with Crippen molar-refractivity contribution in [1.82, 2.24) is 0 Å². The van der Waals surface area contributed by atoms with Crippen molar-refractivity contribution in [3.8, 4) is 5.75 Å². The lowest BCUT2D eigenvalue weighted by molar-refractivity contribution is -0.307. The molecule has 0 bridgehead atoms. The molecule has 16 heavy (non-hydrogen) atoms. The predicted octanol–water partition coefficient (Wildman–Crippen LogP) is 1.90. The first kappa shape index (κ1) is 12.8. The van der Waals surface area contributed by atoms with E-state index in [1.54, 1.807) is 6.07 Å². The third-order valence-corrected chi connectivity index (χ3v) is 2.67. The average Bonchev–Trinajstić information content (AvgIpc) is 2.18. The summed E-state index contributed by atoms with van der Waals surface area (Å²) < 4.78 is 5.18. The number of halogens is 1. The number of aliphatic carboxylic acids is 1. The second-order valence-corrected chi connectivity index (χ2v) is 4.36. The number of ether oxygens (including phenoxy) is 1. The van der Waals surface area contributed by atoms with Crippen LogP contribution in [0.5, 0.6) is 5.75 Å². The molecule has 0 aliphatic carbocycles. The Bertz CT molecular complexity index is 399. The number of carbonyl (C=O) groups is 1. The standard InChI is InChI=1S/C12H15ClO3/c1-7(2)9-5-10(13)8(3)4-11(9)16-6-12(14)15/h4-5,7H,6H2,1-3H3,(H,14,15)/p-1. The van der Waals surface area contributed by atoms with E-state index in [0.717, 1.165) is 11.1 Å². The van der Waals surface area contributed by atoms with Gasteiger partial charge in [-0.3, -0.25) is 0 Å². The molecule has 0 fully saturated rings. The van der Waals surface area contributed by atoms with Gasteiger partial charge in [0.05, 0.1) is 5.97 Å². The number of carboxylic acids is 1.